The smallest absolute Gasteiger partial charge is 0.168 e. The molecule has 0 bridgehead atoms. The molecule has 1 saturated heterocycles. The minimum Gasteiger partial charge on any atom is -0.298 e. The molecule has 2 fully saturated rings. The molecule has 166 valence electrons. The van der Waals surface area contributed by atoms with Gasteiger partial charge in [-0.1, -0.05) is 69.4 Å². The molecule has 2 aliphatic rings. The normalized spacial score (nSPS) is 20.0. The molecule has 30 heavy (non-hydrogen) atoms. The van der Waals surface area contributed by atoms with Crippen molar-refractivity contribution in [2.45, 2.75) is 76.9 Å². The molecule has 1 aliphatic carbocycles. The summed E-state index contributed by atoms with van der Waals surface area (Å²) in [7, 11) is 0. The first-order valence-electron chi connectivity index (χ1n) is 11.6. The van der Waals surface area contributed by atoms with Gasteiger partial charge >= 0.3 is 0 Å². The van der Waals surface area contributed by atoms with Crippen LogP contribution < -0.4 is 0 Å². The molecule has 1 atom stereocenters. The first-order chi connectivity index (χ1) is 14.3. The summed E-state index contributed by atoms with van der Waals surface area (Å²) < 4.78 is 2.02. The third-order valence-corrected chi connectivity index (χ3v) is 6.74. The van der Waals surface area contributed by atoms with Crippen LogP contribution in [0, 0.1) is 0 Å². The van der Waals surface area contributed by atoms with Gasteiger partial charge < -0.3 is 0 Å². The first kappa shape index (κ1) is 23.2. The molecule has 7 heteroatoms. The number of unbranched alkanes of at least 4 members (excludes halogenated alkanes) is 1. The molecule has 1 aliphatic heterocycles. The molecular formula is C23H37ClN6. The molecule has 1 saturated carbocycles. The van der Waals surface area contributed by atoms with Crippen LogP contribution in [-0.4, -0.2) is 62.2 Å². The van der Waals surface area contributed by atoms with Gasteiger partial charge in [-0.3, -0.25) is 9.80 Å². The van der Waals surface area contributed by atoms with E-state index in [4.69, 9.17) is 0 Å². The molecule has 4 rings (SSSR count). The number of nitrogens with zero attached hydrogens (tertiary/aromatic N) is 6. The Bertz CT molecular complexity index is 722. The van der Waals surface area contributed by atoms with Crippen LogP contribution in [0.2, 0.25) is 0 Å². The van der Waals surface area contributed by atoms with Gasteiger partial charge in [0.25, 0.3) is 0 Å². The van der Waals surface area contributed by atoms with Gasteiger partial charge in [0.2, 0.25) is 0 Å². The fraction of sp³-hybridized carbons (Fsp3) is 0.696. The Labute approximate surface area is 187 Å². The van der Waals surface area contributed by atoms with Crippen molar-refractivity contribution < 1.29 is 0 Å². The highest BCUT2D eigenvalue weighted by Gasteiger charge is 2.31. The summed E-state index contributed by atoms with van der Waals surface area (Å²) in [5.74, 6) is 1.04. The number of halogens is 1. The third kappa shape index (κ3) is 5.80. The molecule has 1 aromatic heterocycles. The number of hydrogen-bond acceptors (Lipinski definition) is 5. The fourth-order valence-corrected chi connectivity index (χ4v) is 5.05. The van der Waals surface area contributed by atoms with Gasteiger partial charge in [0.1, 0.15) is 0 Å². The Morgan fingerprint density at radius 3 is 2.43 bits per heavy atom. The SMILES string of the molecule is CCCCC(c1nnnn1Cc1ccccc1)N1CCN(C2CCCCC2)CC1.Cl. The van der Waals surface area contributed by atoms with Crippen molar-refractivity contribution in [3.05, 3.63) is 41.7 Å². The second-order valence-corrected chi connectivity index (χ2v) is 8.70. The van der Waals surface area contributed by atoms with Crippen molar-refractivity contribution >= 4 is 12.4 Å². The lowest BCUT2D eigenvalue weighted by molar-refractivity contribution is 0.0497. The molecule has 2 heterocycles. The number of tetrazole rings is 1. The zero-order chi connectivity index (χ0) is 19.9. The van der Waals surface area contributed by atoms with E-state index in [1.807, 2.05) is 4.68 Å². The van der Waals surface area contributed by atoms with Crippen LogP contribution >= 0.6 is 12.4 Å². The van der Waals surface area contributed by atoms with E-state index in [9.17, 15) is 0 Å². The van der Waals surface area contributed by atoms with E-state index in [0.29, 0.717) is 6.04 Å². The maximum absolute atomic E-state index is 4.50. The predicted molar refractivity (Wildman–Crippen MR) is 123 cm³/mol. The van der Waals surface area contributed by atoms with Gasteiger partial charge in [-0.2, -0.15) is 0 Å². The summed E-state index contributed by atoms with van der Waals surface area (Å²) in [5, 5.41) is 12.9. The largest absolute Gasteiger partial charge is 0.298 e. The topological polar surface area (TPSA) is 50.1 Å². The Kier molecular flexibility index (Phi) is 9.09. The van der Waals surface area contributed by atoms with Crippen LogP contribution in [0.1, 0.15) is 75.7 Å². The zero-order valence-corrected chi connectivity index (χ0v) is 19.1. The Balaban J connectivity index is 0.00000256. The maximum atomic E-state index is 4.50. The minimum absolute atomic E-state index is 0. The summed E-state index contributed by atoms with van der Waals surface area (Å²) in [4.78, 5) is 5.39. The second-order valence-electron chi connectivity index (χ2n) is 8.70. The summed E-state index contributed by atoms with van der Waals surface area (Å²) in [6.45, 7) is 7.64. The minimum atomic E-state index is 0. The predicted octanol–water partition coefficient (Wildman–Crippen LogP) is 4.32. The number of piperazine rings is 1. The van der Waals surface area contributed by atoms with Gasteiger partial charge in [-0.05, 0) is 35.3 Å². The van der Waals surface area contributed by atoms with Gasteiger partial charge in [-0.25, -0.2) is 4.68 Å². The molecule has 0 amide bonds. The lowest BCUT2D eigenvalue weighted by Crippen LogP contribution is -2.51. The van der Waals surface area contributed by atoms with E-state index in [-0.39, 0.29) is 12.4 Å². The molecule has 2 aromatic rings. The highest BCUT2D eigenvalue weighted by atomic mass is 35.5. The van der Waals surface area contributed by atoms with Crippen LogP contribution in [0.4, 0.5) is 0 Å². The molecule has 0 N–H and O–H groups in total. The Hall–Kier alpha value is -1.50. The van der Waals surface area contributed by atoms with Crippen molar-refractivity contribution in [3.63, 3.8) is 0 Å². The van der Waals surface area contributed by atoms with E-state index in [1.165, 1.54) is 63.6 Å². The van der Waals surface area contributed by atoms with Gasteiger partial charge in [0, 0.05) is 32.2 Å². The standard InChI is InChI=1S/C23H36N6.ClH/c1-2-3-14-22(23-24-25-26-29(23)19-20-10-6-4-7-11-20)28-17-15-27(16-18-28)21-12-8-5-9-13-21;/h4,6-7,10-11,21-22H,2-3,5,8-9,12-19H2,1H3;1H. The fourth-order valence-electron chi connectivity index (χ4n) is 5.05. The van der Waals surface area contributed by atoms with Crippen LogP contribution in [-0.2, 0) is 6.54 Å². The summed E-state index contributed by atoms with van der Waals surface area (Å²) in [5.41, 5.74) is 1.25. The van der Waals surface area contributed by atoms with Crippen LogP contribution in [0.3, 0.4) is 0 Å². The molecule has 0 spiro atoms. The zero-order valence-electron chi connectivity index (χ0n) is 18.3. The first-order valence-corrected chi connectivity index (χ1v) is 11.6. The molecule has 1 unspecified atom stereocenters. The number of rotatable bonds is 8. The molecule has 0 radical (unpaired) electrons. The molecule has 6 nitrogen and oxygen atoms in total. The van der Waals surface area contributed by atoms with E-state index < -0.39 is 0 Å². The van der Waals surface area contributed by atoms with E-state index in [0.717, 1.165) is 37.9 Å². The van der Waals surface area contributed by atoms with Crippen LogP contribution in [0.25, 0.3) is 0 Å². The summed E-state index contributed by atoms with van der Waals surface area (Å²) in [6, 6.07) is 11.7. The highest BCUT2D eigenvalue weighted by Crippen LogP contribution is 2.29. The lowest BCUT2D eigenvalue weighted by atomic mass is 9.93. The average Bonchev–Trinajstić information content (AvgIpc) is 3.23. The van der Waals surface area contributed by atoms with E-state index >= 15 is 0 Å². The Morgan fingerprint density at radius 2 is 1.73 bits per heavy atom. The number of hydrogen-bond donors (Lipinski definition) is 0. The van der Waals surface area contributed by atoms with Crippen molar-refractivity contribution in [1.82, 2.24) is 30.0 Å². The van der Waals surface area contributed by atoms with Crippen LogP contribution in [0.15, 0.2) is 30.3 Å². The Morgan fingerprint density at radius 1 is 1.00 bits per heavy atom. The summed E-state index contributed by atoms with van der Waals surface area (Å²) >= 11 is 0. The monoisotopic (exact) mass is 432 g/mol. The summed E-state index contributed by atoms with van der Waals surface area (Å²) in [6.07, 6.45) is 10.6. The molecule has 1 aromatic carbocycles. The lowest BCUT2D eigenvalue weighted by Gasteiger charge is -2.43. The molecular weight excluding hydrogens is 396 g/mol. The number of aromatic nitrogens is 4. The van der Waals surface area contributed by atoms with Crippen LogP contribution in [0.5, 0.6) is 0 Å². The van der Waals surface area contributed by atoms with E-state index in [1.54, 1.807) is 0 Å². The van der Waals surface area contributed by atoms with Gasteiger partial charge in [0.15, 0.2) is 5.82 Å². The van der Waals surface area contributed by atoms with E-state index in [2.05, 4.69) is 62.6 Å². The second kappa shape index (κ2) is 11.8. The van der Waals surface area contributed by atoms with Crippen molar-refractivity contribution in [2.75, 3.05) is 26.2 Å². The van der Waals surface area contributed by atoms with Crippen molar-refractivity contribution in [2.24, 2.45) is 0 Å². The third-order valence-electron chi connectivity index (χ3n) is 6.74. The highest BCUT2D eigenvalue weighted by molar-refractivity contribution is 5.85. The van der Waals surface area contributed by atoms with Gasteiger partial charge in [0.05, 0.1) is 12.6 Å². The van der Waals surface area contributed by atoms with Crippen molar-refractivity contribution in [3.8, 4) is 0 Å². The van der Waals surface area contributed by atoms with Crippen molar-refractivity contribution in [1.29, 1.82) is 0 Å². The number of benzene rings is 1. The quantitative estimate of drug-likeness (QED) is 0.621. The maximum Gasteiger partial charge on any atom is 0.168 e. The average molecular weight is 433 g/mol. The van der Waals surface area contributed by atoms with Gasteiger partial charge in [-0.15, -0.1) is 17.5 Å².